The first-order valence-corrected chi connectivity index (χ1v) is 6.57. The van der Waals surface area contributed by atoms with Crippen LogP contribution in [-0.2, 0) is 0 Å². The Labute approximate surface area is 112 Å². The van der Waals surface area contributed by atoms with Gasteiger partial charge in [0.05, 0.1) is 17.1 Å². The van der Waals surface area contributed by atoms with Crippen LogP contribution in [0.2, 0.25) is 0 Å². The Kier molecular flexibility index (Phi) is 3.06. The van der Waals surface area contributed by atoms with Crippen molar-refractivity contribution in [1.82, 2.24) is 4.98 Å². The minimum atomic E-state index is 0.319. The summed E-state index contributed by atoms with van der Waals surface area (Å²) >= 11 is 0. The van der Waals surface area contributed by atoms with E-state index in [9.17, 15) is 0 Å². The van der Waals surface area contributed by atoms with Gasteiger partial charge in [0.1, 0.15) is 0 Å². The Hall–Kier alpha value is -2.12. The Bertz CT molecular complexity index is 636. The molecule has 2 heterocycles. The molecule has 0 saturated carbocycles. The maximum atomic E-state index is 9.03. The fourth-order valence-corrected chi connectivity index (χ4v) is 2.62. The molecular formula is C15H16N4. The Morgan fingerprint density at radius 1 is 1.26 bits per heavy atom. The summed E-state index contributed by atoms with van der Waals surface area (Å²) in [5, 5.41) is 10.1. The van der Waals surface area contributed by atoms with Crippen molar-refractivity contribution in [2.75, 3.05) is 18.0 Å². The summed E-state index contributed by atoms with van der Waals surface area (Å²) in [7, 11) is 0. The molecule has 1 fully saturated rings. The number of aromatic nitrogens is 1. The molecule has 0 unspecified atom stereocenters. The van der Waals surface area contributed by atoms with Crippen LogP contribution in [0.1, 0.15) is 18.4 Å². The molecule has 1 saturated heterocycles. The second-order valence-corrected chi connectivity index (χ2v) is 5.00. The molecule has 19 heavy (non-hydrogen) atoms. The highest BCUT2D eigenvalue weighted by atomic mass is 15.1. The number of fused-ring (bicyclic) bond motifs is 1. The van der Waals surface area contributed by atoms with E-state index in [1.807, 2.05) is 30.5 Å². The van der Waals surface area contributed by atoms with Crippen LogP contribution in [-0.4, -0.2) is 24.1 Å². The van der Waals surface area contributed by atoms with Crippen molar-refractivity contribution in [2.24, 2.45) is 5.73 Å². The molecule has 1 aliphatic rings. The van der Waals surface area contributed by atoms with Gasteiger partial charge in [0.25, 0.3) is 0 Å². The first-order valence-electron chi connectivity index (χ1n) is 6.57. The van der Waals surface area contributed by atoms with E-state index in [2.05, 4.69) is 16.0 Å². The second-order valence-electron chi connectivity index (χ2n) is 5.00. The summed E-state index contributed by atoms with van der Waals surface area (Å²) in [6.07, 6.45) is 3.86. The number of benzene rings is 1. The van der Waals surface area contributed by atoms with Crippen molar-refractivity contribution in [3.05, 3.63) is 36.0 Å². The van der Waals surface area contributed by atoms with Gasteiger partial charge in [-0.1, -0.05) is 0 Å². The first-order chi connectivity index (χ1) is 9.28. The van der Waals surface area contributed by atoms with E-state index in [0.717, 1.165) is 42.5 Å². The minimum absolute atomic E-state index is 0.319. The zero-order chi connectivity index (χ0) is 13.2. The summed E-state index contributed by atoms with van der Waals surface area (Å²) in [5.41, 5.74) is 8.73. The van der Waals surface area contributed by atoms with E-state index in [0.29, 0.717) is 11.6 Å². The van der Waals surface area contributed by atoms with Gasteiger partial charge in [-0.05, 0) is 37.1 Å². The molecule has 0 amide bonds. The topological polar surface area (TPSA) is 65.9 Å². The highest BCUT2D eigenvalue weighted by Crippen LogP contribution is 2.28. The molecule has 3 rings (SSSR count). The van der Waals surface area contributed by atoms with Crippen molar-refractivity contribution in [2.45, 2.75) is 18.9 Å². The molecule has 96 valence electrons. The summed E-state index contributed by atoms with van der Waals surface area (Å²) in [4.78, 5) is 6.71. The quantitative estimate of drug-likeness (QED) is 0.843. The molecule has 0 spiro atoms. The van der Waals surface area contributed by atoms with Gasteiger partial charge in [0.15, 0.2) is 0 Å². The number of piperidine rings is 1. The predicted octanol–water partition coefficient (Wildman–Crippen LogP) is 2.03. The largest absolute Gasteiger partial charge is 0.371 e. The van der Waals surface area contributed by atoms with Gasteiger partial charge in [-0.2, -0.15) is 5.26 Å². The fourth-order valence-electron chi connectivity index (χ4n) is 2.62. The highest BCUT2D eigenvalue weighted by molar-refractivity contribution is 5.92. The van der Waals surface area contributed by atoms with E-state index in [4.69, 9.17) is 11.0 Å². The van der Waals surface area contributed by atoms with Crippen molar-refractivity contribution in [1.29, 1.82) is 5.26 Å². The third-order valence-electron chi connectivity index (χ3n) is 3.73. The standard InChI is InChI=1S/C15H16N4/c16-10-11-1-2-14-13(9-11)15(3-6-18-14)19-7-4-12(17)5-8-19/h1-3,6,9,12H,4-5,7-8,17H2. The van der Waals surface area contributed by atoms with Gasteiger partial charge < -0.3 is 10.6 Å². The average Bonchev–Trinajstić information content (AvgIpc) is 2.47. The normalized spacial score (nSPS) is 16.5. The summed E-state index contributed by atoms with van der Waals surface area (Å²) in [6, 6.07) is 10.2. The van der Waals surface area contributed by atoms with Gasteiger partial charge >= 0.3 is 0 Å². The summed E-state index contributed by atoms with van der Waals surface area (Å²) in [6.45, 7) is 1.94. The Balaban J connectivity index is 2.05. The minimum Gasteiger partial charge on any atom is -0.371 e. The molecule has 4 heteroatoms. The molecule has 1 aromatic carbocycles. The Morgan fingerprint density at radius 3 is 2.79 bits per heavy atom. The van der Waals surface area contributed by atoms with Crippen molar-refractivity contribution < 1.29 is 0 Å². The van der Waals surface area contributed by atoms with Gasteiger partial charge in [-0.25, -0.2) is 0 Å². The number of nitrogens with two attached hydrogens (primary N) is 1. The molecule has 1 aromatic heterocycles. The monoisotopic (exact) mass is 252 g/mol. The molecule has 2 N–H and O–H groups in total. The number of hydrogen-bond acceptors (Lipinski definition) is 4. The number of nitriles is 1. The van der Waals surface area contributed by atoms with Gasteiger partial charge in [0.2, 0.25) is 0 Å². The molecule has 0 aliphatic carbocycles. The van der Waals surface area contributed by atoms with E-state index >= 15 is 0 Å². The molecule has 4 nitrogen and oxygen atoms in total. The van der Waals surface area contributed by atoms with Gasteiger partial charge in [-0.15, -0.1) is 0 Å². The number of nitrogens with zero attached hydrogens (tertiary/aromatic N) is 3. The molecule has 2 aromatic rings. The molecule has 1 aliphatic heterocycles. The van der Waals surface area contributed by atoms with Crippen molar-refractivity contribution >= 4 is 16.6 Å². The first kappa shape index (κ1) is 11.9. The Morgan fingerprint density at radius 2 is 2.05 bits per heavy atom. The average molecular weight is 252 g/mol. The number of hydrogen-bond donors (Lipinski definition) is 1. The number of rotatable bonds is 1. The van der Waals surface area contributed by atoms with Crippen molar-refractivity contribution in [3.63, 3.8) is 0 Å². The molecule has 0 radical (unpaired) electrons. The zero-order valence-corrected chi connectivity index (χ0v) is 10.7. The lowest BCUT2D eigenvalue weighted by atomic mass is 10.0. The lowest BCUT2D eigenvalue weighted by Gasteiger charge is -2.32. The van der Waals surface area contributed by atoms with Crippen LogP contribution in [0, 0.1) is 11.3 Å². The van der Waals surface area contributed by atoms with Crippen LogP contribution in [0.25, 0.3) is 10.9 Å². The van der Waals surface area contributed by atoms with Crippen LogP contribution in [0.3, 0.4) is 0 Å². The third-order valence-corrected chi connectivity index (χ3v) is 3.73. The highest BCUT2D eigenvalue weighted by Gasteiger charge is 2.18. The van der Waals surface area contributed by atoms with Gasteiger partial charge in [0, 0.05) is 36.4 Å². The smallest absolute Gasteiger partial charge is 0.0991 e. The molecule has 0 bridgehead atoms. The number of anilines is 1. The molecular weight excluding hydrogens is 236 g/mol. The van der Waals surface area contributed by atoms with Crippen LogP contribution < -0.4 is 10.6 Å². The summed E-state index contributed by atoms with van der Waals surface area (Å²) < 4.78 is 0. The van der Waals surface area contributed by atoms with Gasteiger partial charge in [-0.3, -0.25) is 4.98 Å². The lowest BCUT2D eigenvalue weighted by molar-refractivity contribution is 0.502. The fraction of sp³-hybridized carbons (Fsp3) is 0.333. The maximum Gasteiger partial charge on any atom is 0.0991 e. The zero-order valence-electron chi connectivity index (χ0n) is 10.7. The summed E-state index contributed by atoms with van der Waals surface area (Å²) in [5.74, 6) is 0. The van der Waals surface area contributed by atoms with Crippen LogP contribution in [0.5, 0.6) is 0 Å². The second kappa shape index (κ2) is 4.87. The van der Waals surface area contributed by atoms with E-state index in [-0.39, 0.29) is 0 Å². The van der Waals surface area contributed by atoms with E-state index in [1.54, 1.807) is 0 Å². The predicted molar refractivity (Wildman–Crippen MR) is 75.9 cm³/mol. The SMILES string of the molecule is N#Cc1ccc2nccc(N3CCC(N)CC3)c2c1. The van der Waals surface area contributed by atoms with Crippen LogP contribution in [0.15, 0.2) is 30.5 Å². The maximum absolute atomic E-state index is 9.03. The van der Waals surface area contributed by atoms with Crippen LogP contribution >= 0.6 is 0 Å². The lowest BCUT2D eigenvalue weighted by Crippen LogP contribution is -2.39. The van der Waals surface area contributed by atoms with Crippen molar-refractivity contribution in [3.8, 4) is 6.07 Å². The molecule has 0 atom stereocenters. The number of pyridine rings is 1. The van der Waals surface area contributed by atoms with Crippen LogP contribution in [0.4, 0.5) is 5.69 Å². The van der Waals surface area contributed by atoms with E-state index < -0.39 is 0 Å². The third kappa shape index (κ3) is 2.25. The van der Waals surface area contributed by atoms with E-state index in [1.165, 1.54) is 0 Å².